The average molecular weight is 255 g/mol. The highest BCUT2D eigenvalue weighted by Crippen LogP contribution is 2.34. The number of aryl methyl sites for hydroxylation is 1. The van der Waals surface area contributed by atoms with Crippen molar-refractivity contribution in [1.29, 1.82) is 0 Å². The van der Waals surface area contributed by atoms with Gasteiger partial charge in [0.25, 0.3) is 0 Å². The summed E-state index contributed by atoms with van der Waals surface area (Å²) in [7, 11) is 0. The van der Waals surface area contributed by atoms with Crippen molar-refractivity contribution < 1.29 is 0 Å². The predicted octanol–water partition coefficient (Wildman–Crippen LogP) is 2.05. The first kappa shape index (κ1) is 11.5. The van der Waals surface area contributed by atoms with Gasteiger partial charge in [-0.25, -0.2) is 15.4 Å². The lowest BCUT2D eigenvalue weighted by atomic mass is 10.1. The average Bonchev–Trinajstić information content (AvgIpc) is 2.64. The molecule has 0 bridgehead atoms. The van der Waals surface area contributed by atoms with Crippen LogP contribution in [-0.2, 0) is 0 Å². The second-order valence-electron chi connectivity index (χ2n) is 3.37. The van der Waals surface area contributed by atoms with Crippen LogP contribution in [0.15, 0.2) is 24.1 Å². The molecule has 0 aliphatic rings. The van der Waals surface area contributed by atoms with E-state index in [1.54, 1.807) is 23.7 Å². The van der Waals surface area contributed by atoms with Crippen molar-refractivity contribution in [2.24, 2.45) is 5.84 Å². The van der Waals surface area contributed by atoms with Crippen LogP contribution in [0.2, 0.25) is 5.02 Å². The molecular weight excluding hydrogens is 244 g/mol. The second kappa shape index (κ2) is 4.88. The van der Waals surface area contributed by atoms with Crippen molar-refractivity contribution in [2.75, 3.05) is 0 Å². The van der Waals surface area contributed by atoms with Gasteiger partial charge < -0.3 is 0 Å². The minimum atomic E-state index is -0.160. The maximum atomic E-state index is 6.21. The zero-order valence-electron chi connectivity index (χ0n) is 8.64. The molecule has 0 aliphatic carbocycles. The Balaban J connectivity index is 2.41. The summed E-state index contributed by atoms with van der Waals surface area (Å²) >= 11 is 7.78. The highest BCUT2D eigenvalue weighted by molar-refractivity contribution is 7.10. The molecule has 0 radical (unpaired) electrons. The van der Waals surface area contributed by atoms with E-state index in [-0.39, 0.29) is 6.04 Å². The monoisotopic (exact) mass is 254 g/mol. The van der Waals surface area contributed by atoms with Crippen molar-refractivity contribution in [1.82, 2.24) is 15.4 Å². The van der Waals surface area contributed by atoms with Crippen LogP contribution >= 0.6 is 22.9 Å². The van der Waals surface area contributed by atoms with Crippen LogP contribution in [0.5, 0.6) is 0 Å². The number of hydrazine groups is 1. The van der Waals surface area contributed by atoms with Crippen LogP contribution in [0.4, 0.5) is 0 Å². The summed E-state index contributed by atoms with van der Waals surface area (Å²) in [6.07, 6.45) is 4.93. The molecule has 0 saturated heterocycles. The molecule has 2 rings (SSSR count). The highest BCUT2D eigenvalue weighted by atomic mass is 35.5. The van der Waals surface area contributed by atoms with Crippen molar-refractivity contribution >= 4 is 22.9 Å². The third-order valence-corrected chi connectivity index (χ3v) is 4.05. The Labute approximate surface area is 102 Å². The molecule has 0 spiro atoms. The van der Waals surface area contributed by atoms with E-state index in [1.807, 2.05) is 12.3 Å². The molecular formula is C10H11ClN4S. The molecule has 2 heterocycles. The summed E-state index contributed by atoms with van der Waals surface area (Å²) in [4.78, 5) is 8.92. The first-order valence-corrected chi connectivity index (χ1v) is 5.94. The van der Waals surface area contributed by atoms with E-state index >= 15 is 0 Å². The number of nitrogens with one attached hydrogen (secondary N) is 1. The molecule has 0 fully saturated rings. The topological polar surface area (TPSA) is 63.8 Å². The minimum absolute atomic E-state index is 0.160. The van der Waals surface area contributed by atoms with Crippen molar-refractivity contribution in [3.05, 3.63) is 45.1 Å². The Hall–Kier alpha value is -1.01. The first-order valence-electron chi connectivity index (χ1n) is 4.68. The van der Waals surface area contributed by atoms with Gasteiger partial charge in [-0.3, -0.25) is 5.84 Å². The van der Waals surface area contributed by atoms with Crippen LogP contribution in [0.25, 0.3) is 0 Å². The van der Waals surface area contributed by atoms with E-state index < -0.39 is 0 Å². The Morgan fingerprint density at radius 3 is 2.62 bits per heavy atom. The number of aromatic nitrogens is 2. The quantitative estimate of drug-likeness (QED) is 0.650. The predicted molar refractivity (Wildman–Crippen MR) is 65.3 cm³/mol. The molecule has 6 heteroatoms. The molecule has 2 aromatic rings. The first-order chi connectivity index (χ1) is 7.74. The molecule has 1 atom stereocenters. The number of nitrogens with two attached hydrogens (primary N) is 1. The Morgan fingerprint density at radius 1 is 1.44 bits per heavy atom. The number of thiophene rings is 1. The molecule has 2 aromatic heterocycles. The van der Waals surface area contributed by atoms with E-state index in [1.165, 1.54) is 6.33 Å². The van der Waals surface area contributed by atoms with Gasteiger partial charge in [0.15, 0.2) is 0 Å². The molecule has 16 heavy (non-hydrogen) atoms. The van der Waals surface area contributed by atoms with Crippen LogP contribution < -0.4 is 11.3 Å². The number of halogens is 1. The van der Waals surface area contributed by atoms with E-state index in [4.69, 9.17) is 17.4 Å². The lowest BCUT2D eigenvalue weighted by molar-refractivity contribution is 0.641. The molecule has 84 valence electrons. The fraction of sp³-hybridized carbons (Fsp3) is 0.200. The number of rotatable bonds is 3. The van der Waals surface area contributed by atoms with E-state index in [9.17, 15) is 0 Å². The van der Waals surface area contributed by atoms with Gasteiger partial charge in [-0.2, -0.15) is 0 Å². The zero-order chi connectivity index (χ0) is 11.5. The minimum Gasteiger partial charge on any atom is -0.271 e. The number of nitrogens with zero attached hydrogens (tertiary/aromatic N) is 2. The maximum absolute atomic E-state index is 6.21. The third kappa shape index (κ3) is 2.08. The van der Waals surface area contributed by atoms with Gasteiger partial charge in [0.1, 0.15) is 6.33 Å². The van der Waals surface area contributed by atoms with E-state index in [0.29, 0.717) is 0 Å². The zero-order valence-corrected chi connectivity index (χ0v) is 10.2. The summed E-state index contributed by atoms with van der Waals surface area (Å²) in [5.41, 5.74) is 4.69. The molecule has 0 saturated carbocycles. The van der Waals surface area contributed by atoms with Crippen LogP contribution in [0, 0.1) is 6.92 Å². The molecule has 0 amide bonds. The Kier molecular flexibility index (Phi) is 3.50. The standard InChI is InChI=1S/C10H11ClN4S/c1-6-4-16-10(8(6)11)9(15-12)7-2-13-5-14-3-7/h2-5,9,15H,12H2,1H3. The van der Waals surface area contributed by atoms with Gasteiger partial charge >= 0.3 is 0 Å². The van der Waals surface area contributed by atoms with Gasteiger partial charge in [0, 0.05) is 22.8 Å². The van der Waals surface area contributed by atoms with Gasteiger partial charge in [-0.15, -0.1) is 11.3 Å². The van der Waals surface area contributed by atoms with Crippen LogP contribution in [0.1, 0.15) is 22.0 Å². The number of hydrogen-bond donors (Lipinski definition) is 2. The summed E-state index contributed by atoms with van der Waals surface area (Å²) in [5, 5.41) is 2.75. The van der Waals surface area contributed by atoms with Crippen molar-refractivity contribution in [3.63, 3.8) is 0 Å². The van der Waals surface area contributed by atoms with Crippen molar-refractivity contribution in [3.8, 4) is 0 Å². The summed E-state index contributed by atoms with van der Waals surface area (Å²) < 4.78 is 0. The largest absolute Gasteiger partial charge is 0.271 e. The third-order valence-electron chi connectivity index (χ3n) is 2.27. The van der Waals surface area contributed by atoms with Gasteiger partial charge in [0.2, 0.25) is 0 Å². The number of hydrogen-bond acceptors (Lipinski definition) is 5. The highest BCUT2D eigenvalue weighted by Gasteiger charge is 2.19. The SMILES string of the molecule is Cc1csc(C(NN)c2cncnc2)c1Cl. The van der Waals surface area contributed by atoms with Crippen LogP contribution in [0.3, 0.4) is 0 Å². The Bertz CT molecular complexity index is 471. The summed E-state index contributed by atoms with van der Waals surface area (Å²) in [5.74, 6) is 5.56. The molecule has 0 aromatic carbocycles. The Morgan fingerprint density at radius 2 is 2.12 bits per heavy atom. The summed E-state index contributed by atoms with van der Waals surface area (Å²) in [6.45, 7) is 1.97. The van der Waals surface area contributed by atoms with Crippen molar-refractivity contribution in [2.45, 2.75) is 13.0 Å². The van der Waals surface area contributed by atoms with Gasteiger partial charge in [-0.05, 0) is 17.9 Å². The van der Waals surface area contributed by atoms with Gasteiger partial charge in [-0.1, -0.05) is 11.6 Å². The molecule has 1 unspecified atom stereocenters. The smallest absolute Gasteiger partial charge is 0.115 e. The fourth-order valence-electron chi connectivity index (χ4n) is 1.43. The lowest BCUT2D eigenvalue weighted by Gasteiger charge is -2.14. The molecule has 0 aliphatic heterocycles. The second-order valence-corrected chi connectivity index (χ2v) is 4.66. The molecule has 3 N–H and O–H groups in total. The van der Waals surface area contributed by atoms with E-state index in [2.05, 4.69) is 15.4 Å². The van der Waals surface area contributed by atoms with E-state index in [0.717, 1.165) is 21.0 Å². The fourth-order valence-corrected chi connectivity index (χ4v) is 2.82. The molecule has 4 nitrogen and oxygen atoms in total. The summed E-state index contributed by atoms with van der Waals surface area (Å²) in [6, 6.07) is -0.160. The van der Waals surface area contributed by atoms with Crippen LogP contribution in [-0.4, -0.2) is 9.97 Å². The maximum Gasteiger partial charge on any atom is 0.115 e. The lowest BCUT2D eigenvalue weighted by Crippen LogP contribution is -2.28. The normalized spacial score (nSPS) is 12.7. The van der Waals surface area contributed by atoms with Gasteiger partial charge in [0.05, 0.1) is 11.1 Å².